The minimum atomic E-state index is -0.449. The maximum Gasteiger partial charge on any atom is 0.293 e. The largest absolute Gasteiger partial charge is 0.497 e. The average molecular weight is 456 g/mol. The summed E-state index contributed by atoms with van der Waals surface area (Å²) in [7, 11) is 1.60. The Morgan fingerprint density at radius 2 is 1.69 bits per heavy atom. The number of nitro groups is 1. The zero-order chi connectivity index (χ0) is 21.0. The molecule has 0 radical (unpaired) electrons. The van der Waals surface area contributed by atoms with Crippen LogP contribution >= 0.6 is 15.9 Å². The monoisotopic (exact) mass is 455 g/mol. The summed E-state index contributed by atoms with van der Waals surface area (Å²) in [5.41, 5.74) is 3.21. The lowest BCUT2D eigenvalue weighted by Gasteiger charge is -2.13. The van der Waals surface area contributed by atoms with Gasteiger partial charge >= 0.3 is 0 Å². The molecular weight excluding hydrogens is 438 g/mol. The molecule has 29 heavy (non-hydrogen) atoms. The van der Waals surface area contributed by atoms with Gasteiger partial charge < -0.3 is 15.4 Å². The smallest absolute Gasteiger partial charge is 0.293 e. The molecule has 0 saturated heterocycles. The Hall–Kier alpha value is -3.39. The average Bonchev–Trinajstić information content (AvgIpc) is 2.68. The van der Waals surface area contributed by atoms with Gasteiger partial charge in [0.2, 0.25) is 5.91 Å². The fourth-order valence-electron chi connectivity index (χ4n) is 2.84. The van der Waals surface area contributed by atoms with Gasteiger partial charge in [0.15, 0.2) is 0 Å². The van der Waals surface area contributed by atoms with Crippen molar-refractivity contribution in [2.45, 2.75) is 6.92 Å². The van der Waals surface area contributed by atoms with Crippen molar-refractivity contribution in [3.05, 3.63) is 75.3 Å². The second kappa shape index (κ2) is 8.74. The third-order valence-electron chi connectivity index (χ3n) is 4.11. The van der Waals surface area contributed by atoms with E-state index in [9.17, 15) is 14.9 Å². The molecule has 1 amide bonds. The highest BCUT2D eigenvalue weighted by Gasteiger charge is 2.15. The van der Waals surface area contributed by atoms with Gasteiger partial charge in [-0.15, -0.1) is 0 Å². The van der Waals surface area contributed by atoms with Gasteiger partial charge in [0, 0.05) is 28.8 Å². The van der Waals surface area contributed by atoms with E-state index >= 15 is 0 Å². The van der Waals surface area contributed by atoms with Gasteiger partial charge in [-0.1, -0.05) is 28.1 Å². The first-order valence-electron chi connectivity index (χ1n) is 8.64. The van der Waals surface area contributed by atoms with Gasteiger partial charge in [0.1, 0.15) is 11.4 Å². The molecule has 0 bridgehead atoms. The van der Waals surface area contributed by atoms with Crippen molar-refractivity contribution in [3.63, 3.8) is 0 Å². The molecule has 0 aromatic heterocycles. The van der Waals surface area contributed by atoms with Crippen molar-refractivity contribution in [3.8, 4) is 16.9 Å². The van der Waals surface area contributed by atoms with E-state index in [-0.39, 0.29) is 11.6 Å². The molecule has 7 nitrogen and oxygen atoms in total. The van der Waals surface area contributed by atoms with E-state index in [4.69, 9.17) is 4.74 Å². The van der Waals surface area contributed by atoms with E-state index in [1.807, 2.05) is 36.4 Å². The van der Waals surface area contributed by atoms with Crippen molar-refractivity contribution < 1.29 is 14.5 Å². The molecule has 0 aliphatic carbocycles. The SMILES string of the molecule is COc1ccc(-c2cc(NC(C)=O)cc(Nc3ccc(Br)cc3[N+](=O)[O-])c2)cc1. The molecule has 8 heteroatoms. The summed E-state index contributed by atoms with van der Waals surface area (Å²) >= 11 is 3.25. The van der Waals surface area contributed by atoms with E-state index in [1.165, 1.54) is 13.0 Å². The zero-order valence-corrected chi connectivity index (χ0v) is 17.3. The number of benzene rings is 3. The molecule has 2 N–H and O–H groups in total. The van der Waals surface area contributed by atoms with Crippen LogP contribution in [0.15, 0.2) is 65.1 Å². The summed E-state index contributed by atoms with van der Waals surface area (Å²) in [6.07, 6.45) is 0. The van der Waals surface area contributed by atoms with Gasteiger partial charge in [-0.25, -0.2) is 0 Å². The maximum absolute atomic E-state index is 11.6. The highest BCUT2D eigenvalue weighted by molar-refractivity contribution is 9.10. The van der Waals surface area contributed by atoms with Crippen LogP contribution in [0.4, 0.5) is 22.7 Å². The first kappa shape index (κ1) is 20.3. The van der Waals surface area contributed by atoms with E-state index in [1.54, 1.807) is 25.3 Å². The first-order valence-corrected chi connectivity index (χ1v) is 9.43. The number of hydrogen-bond donors (Lipinski definition) is 2. The van der Waals surface area contributed by atoms with Gasteiger partial charge in [0.25, 0.3) is 5.69 Å². The third kappa shape index (κ3) is 5.11. The summed E-state index contributed by atoms with van der Waals surface area (Å²) in [5, 5.41) is 17.3. The summed E-state index contributed by atoms with van der Waals surface area (Å²) in [5.74, 6) is 0.521. The highest BCUT2D eigenvalue weighted by atomic mass is 79.9. The second-order valence-electron chi connectivity index (χ2n) is 6.25. The molecule has 0 atom stereocenters. The standard InChI is InChI=1S/C21H18BrN3O4/c1-13(26)23-17-9-15(14-3-6-19(29-2)7-4-14)10-18(12-17)24-20-8-5-16(22)11-21(20)25(27)28/h3-12,24H,1-2H3,(H,23,26). The molecule has 0 unspecified atom stereocenters. The van der Waals surface area contributed by atoms with Crippen LogP contribution in [0.5, 0.6) is 5.75 Å². The van der Waals surface area contributed by atoms with Crippen LogP contribution in [0.25, 0.3) is 11.1 Å². The minimum Gasteiger partial charge on any atom is -0.497 e. The van der Waals surface area contributed by atoms with Gasteiger partial charge in [0.05, 0.1) is 12.0 Å². The number of anilines is 3. The normalized spacial score (nSPS) is 10.3. The molecule has 3 aromatic carbocycles. The fourth-order valence-corrected chi connectivity index (χ4v) is 3.19. The molecule has 3 rings (SSSR count). The summed E-state index contributed by atoms with van der Waals surface area (Å²) < 4.78 is 5.80. The summed E-state index contributed by atoms with van der Waals surface area (Å²) in [4.78, 5) is 22.5. The number of hydrogen-bond acceptors (Lipinski definition) is 5. The highest BCUT2D eigenvalue weighted by Crippen LogP contribution is 2.34. The van der Waals surface area contributed by atoms with Crippen molar-refractivity contribution >= 4 is 44.6 Å². The number of carbonyl (C=O) groups excluding carboxylic acids is 1. The van der Waals surface area contributed by atoms with Crippen LogP contribution in [0.2, 0.25) is 0 Å². The van der Waals surface area contributed by atoms with Crippen LogP contribution in [0.3, 0.4) is 0 Å². The number of rotatable bonds is 6. The number of nitrogens with zero attached hydrogens (tertiary/aromatic N) is 1. The second-order valence-corrected chi connectivity index (χ2v) is 7.17. The molecule has 3 aromatic rings. The summed E-state index contributed by atoms with van der Waals surface area (Å²) in [6.45, 7) is 1.42. The quantitative estimate of drug-likeness (QED) is 0.365. The Morgan fingerprint density at radius 3 is 2.31 bits per heavy atom. The molecule has 0 saturated carbocycles. The lowest BCUT2D eigenvalue weighted by atomic mass is 10.0. The van der Waals surface area contributed by atoms with Gasteiger partial charge in [-0.3, -0.25) is 14.9 Å². The van der Waals surface area contributed by atoms with E-state index in [0.717, 1.165) is 16.9 Å². The maximum atomic E-state index is 11.6. The van der Waals surface area contributed by atoms with Crippen molar-refractivity contribution in [2.24, 2.45) is 0 Å². The number of carbonyl (C=O) groups is 1. The number of halogens is 1. The Morgan fingerprint density at radius 1 is 1.00 bits per heavy atom. The fraction of sp³-hybridized carbons (Fsp3) is 0.0952. The molecule has 0 fully saturated rings. The molecule has 0 spiro atoms. The number of methoxy groups -OCH3 is 1. The first-order chi connectivity index (χ1) is 13.9. The molecule has 0 heterocycles. The number of amides is 1. The molecule has 0 aliphatic heterocycles. The van der Waals surface area contributed by atoms with Crippen LogP contribution < -0.4 is 15.4 Å². The predicted molar refractivity (Wildman–Crippen MR) is 117 cm³/mol. The lowest BCUT2D eigenvalue weighted by Crippen LogP contribution is -2.06. The van der Waals surface area contributed by atoms with E-state index in [0.29, 0.717) is 21.5 Å². The Kier molecular flexibility index (Phi) is 6.13. The number of ether oxygens (including phenoxy) is 1. The van der Waals surface area contributed by atoms with Crippen LogP contribution in [-0.2, 0) is 4.79 Å². The van der Waals surface area contributed by atoms with E-state index in [2.05, 4.69) is 26.6 Å². The van der Waals surface area contributed by atoms with Gasteiger partial charge in [-0.05, 0) is 53.6 Å². The van der Waals surface area contributed by atoms with Crippen molar-refractivity contribution in [1.29, 1.82) is 0 Å². The molecular formula is C21H18BrN3O4. The number of nitrogens with one attached hydrogen (secondary N) is 2. The van der Waals surface area contributed by atoms with Crippen molar-refractivity contribution in [1.82, 2.24) is 0 Å². The minimum absolute atomic E-state index is 0.0599. The Balaban J connectivity index is 2.04. The van der Waals surface area contributed by atoms with Crippen molar-refractivity contribution in [2.75, 3.05) is 17.7 Å². The van der Waals surface area contributed by atoms with Gasteiger partial charge in [-0.2, -0.15) is 0 Å². The molecule has 148 valence electrons. The lowest BCUT2D eigenvalue weighted by molar-refractivity contribution is -0.384. The topological polar surface area (TPSA) is 93.5 Å². The summed E-state index contributed by atoms with van der Waals surface area (Å²) in [6, 6.07) is 17.7. The predicted octanol–water partition coefficient (Wildman–Crippen LogP) is 5.73. The number of nitro benzene ring substituents is 1. The Labute approximate surface area is 176 Å². The van der Waals surface area contributed by atoms with Crippen LogP contribution in [0, 0.1) is 10.1 Å². The third-order valence-corrected chi connectivity index (χ3v) is 4.61. The van der Waals surface area contributed by atoms with E-state index < -0.39 is 4.92 Å². The van der Waals surface area contributed by atoms with Crippen LogP contribution in [0.1, 0.15) is 6.92 Å². The van der Waals surface area contributed by atoms with Crippen LogP contribution in [-0.4, -0.2) is 17.9 Å². The molecule has 0 aliphatic rings. The Bertz CT molecular complexity index is 1070. The zero-order valence-electron chi connectivity index (χ0n) is 15.7.